The Morgan fingerprint density at radius 3 is 2.82 bits per heavy atom. The van der Waals surface area contributed by atoms with Crippen LogP contribution < -0.4 is 5.32 Å². The molecule has 5 heteroatoms. The Balaban J connectivity index is 1.72. The van der Waals surface area contributed by atoms with Crippen LogP contribution in [0.25, 0.3) is 0 Å². The van der Waals surface area contributed by atoms with Gasteiger partial charge in [0.05, 0.1) is 5.75 Å². The van der Waals surface area contributed by atoms with Crippen LogP contribution in [-0.4, -0.2) is 56.5 Å². The Morgan fingerprint density at radius 1 is 1.24 bits per heavy atom. The molecule has 2 atom stereocenters. The molecular formula is C12H24N2O2S. The van der Waals surface area contributed by atoms with E-state index in [1.54, 1.807) is 0 Å². The largest absolute Gasteiger partial charge is 0.311 e. The third kappa shape index (κ3) is 3.42. The lowest BCUT2D eigenvalue weighted by Crippen LogP contribution is -2.41. The highest BCUT2D eigenvalue weighted by atomic mass is 32.2. The molecule has 2 fully saturated rings. The third-order valence-electron chi connectivity index (χ3n) is 3.94. The van der Waals surface area contributed by atoms with Gasteiger partial charge in [-0.2, -0.15) is 0 Å². The van der Waals surface area contributed by atoms with Crippen LogP contribution in [0.3, 0.4) is 0 Å². The van der Waals surface area contributed by atoms with Crippen LogP contribution >= 0.6 is 0 Å². The van der Waals surface area contributed by atoms with E-state index < -0.39 is 9.84 Å². The first-order valence-electron chi connectivity index (χ1n) is 6.80. The van der Waals surface area contributed by atoms with Gasteiger partial charge in [-0.3, -0.25) is 4.90 Å². The average molecular weight is 260 g/mol. The first-order valence-corrected chi connectivity index (χ1v) is 8.62. The smallest absolute Gasteiger partial charge is 0.151 e. The summed E-state index contributed by atoms with van der Waals surface area (Å²) in [5.74, 6) is 0.624. The molecule has 0 aromatic carbocycles. The van der Waals surface area contributed by atoms with E-state index in [1.807, 2.05) is 6.92 Å². The molecule has 2 heterocycles. The fraction of sp³-hybridized carbons (Fsp3) is 1.00. The average Bonchev–Trinajstić information content (AvgIpc) is 2.81. The van der Waals surface area contributed by atoms with Crippen molar-refractivity contribution in [2.24, 2.45) is 0 Å². The predicted octanol–water partition coefficient (Wildman–Crippen LogP) is 0.638. The van der Waals surface area contributed by atoms with Gasteiger partial charge in [-0.15, -0.1) is 0 Å². The zero-order chi connectivity index (χ0) is 12.3. The SMILES string of the molecule is CCCS(=O)(=O)CCNC1CCN2CCCC12. The standard InChI is InChI=1S/C12H24N2O2S/c1-2-9-17(15,16)10-6-13-11-5-8-14-7-3-4-12(11)14/h11-13H,2-10H2,1H3. The molecule has 0 bridgehead atoms. The van der Waals surface area contributed by atoms with Gasteiger partial charge in [0.15, 0.2) is 9.84 Å². The number of fused-ring (bicyclic) bond motifs is 1. The van der Waals surface area contributed by atoms with Gasteiger partial charge in [-0.25, -0.2) is 8.42 Å². The van der Waals surface area contributed by atoms with Gasteiger partial charge in [-0.05, 0) is 32.2 Å². The second-order valence-corrected chi connectivity index (χ2v) is 7.55. The molecule has 0 saturated carbocycles. The fourth-order valence-electron chi connectivity index (χ4n) is 3.13. The zero-order valence-corrected chi connectivity index (χ0v) is 11.5. The summed E-state index contributed by atoms with van der Waals surface area (Å²) in [5.41, 5.74) is 0. The highest BCUT2D eigenvalue weighted by molar-refractivity contribution is 7.91. The van der Waals surface area contributed by atoms with E-state index in [9.17, 15) is 8.42 Å². The Hall–Kier alpha value is -0.130. The first-order chi connectivity index (χ1) is 8.12. The van der Waals surface area contributed by atoms with Crippen LogP contribution in [0.2, 0.25) is 0 Å². The van der Waals surface area contributed by atoms with E-state index in [2.05, 4.69) is 10.2 Å². The van der Waals surface area contributed by atoms with Crippen LogP contribution in [0.1, 0.15) is 32.6 Å². The van der Waals surface area contributed by atoms with Gasteiger partial charge >= 0.3 is 0 Å². The van der Waals surface area contributed by atoms with E-state index in [4.69, 9.17) is 0 Å². The lowest BCUT2D eigenvalue weighted by molar-refractivity contribution is 0.300. The van der Waals surface area contributed by atoms with E-state index >= 15 is 0 Å². The number of rotatable bonds is 6. The van der Waals surface area contributed by atoms with Crippen LogP contribution in [0, 0.1) is 0 Å². The van der Waals surface area contributed by atoms with Crippen molar-refractivity contribution in [2.75, 3.05) is 31.1 Å². The number of nitrogens with one attached hydrogen (secondary N) is 1. The molecule has 17 heavy (non-hydrogen) atoms. The molecule has 2 aliphatic rings. The highest BCUT2D eigenvalue weighted by Gasteiger charge is 2.36. The molecule has 2 saturated heterocycles. The molecule has 0 radical (unpaired) electrons. The fourth-order valence-corrected chi connectivity index (χ4v) is 4.39. The monoisotopic (exact) mass is 260 g/mol. The molecule has 2 unspecified atom stereocenters. The molecule has 0 aliphatic carbocycles. The van der Waals surface area contributed by atoms with Crippen molar-refractivity contribution in [1.29, 1.82) is 0 Å². The van der Waals surface area contributed by atoms with Crippen molar-refractivity contribution in [3.05, 3.63) is 0 Å². The van der Waals surface area contributed by atoms with Crippen LogP contribution in [0.4, 0.5) is 0 Å². The molecule has 1 N–H and O–H groups in total. The van der Waals surface area contributed by atoms with Crippen LogP contribution in [0.15, 0.2) is 0 Å². The predicted molar refractivity (Wildman–Crippen MR) is 69.9 cm³/mol. The summed E-state index contributed by atoms with van der Waals surface area (Å²) in [6.45, 7) is 4.96. The molecule has 4 nitrogen and oxygen atoms in total. The summed E-state index contributed by atoms with van der Waals surface area (Å²) < 4.78 is 23.2. The highest BCUT2D eigenvalue weighted by Crippen LogP contribution is 2.27. The minimum Gasteiger partial charge on any atom is -0.311 e. The Bertz CT molecular complexity index is 342. The van der Waals surface area contributed by atoms with Gasteiger partial charge in [0, 0.05) is 30.9 Å². The minimum atomic E-state index is -2.82. The van der Waals surface area contributed by atoms with Gasteiger partial charge in [0.25, 0.3) is 0 Å². The first kappa shape index (κ1) is 13.3. The zero-order valence-electron chi connectivity index (χ0n) is 10.7. The van der Waals surface area contributed by atoms with E-state index in [-0.39, 0.29) is 0 Å². The maximum Gasteiger partial charge on any atom is 0.151 e. The molecular weight excluding hydrogens is 236 g/mol. The molecule has 0 spiro atoms. The van der Waals surface area contributed by atoms with Gasteiger partial charge in [0.2, 0.25) is 0 Å². The minimum absolute atomic E-state index is 0.296. The van der Waals surface area contributed by atoms with Crippen LogP contribution in [0.5, 0.6) is 0 Å². The van der Waals surface area contributed by atoms with Crippen molar-refractivity contribution >= 4 is 9.84 Å². The molecule has 0 aromatic rings. The topological polar surface area (TPSA) is 49.4 Å². The number of sulfone groups is 1. The normalized spacial score (nSPS) is 29.7. The van der Waals surface area contributed by atoms with Gasteiger partial charge < -0.3 is 5.32 Å². The molecule has 2 aliphatic heterocycles. The summed E-state index contributed by atoms with van der Waals surface area (Å²) in [5, 5.41) is 3.45. The maximum atomic E-state index is 11.6. The second-order valence-electron chi connectivity index (χ2n) is 5.25. The van der Waals surface area contributed by atoms with Gasteiger partial charge in [-0.1, -0.05) is 6.92 Å². The number of hydrogen-bond donors (Lipinski definition) is 1. The molecule has 0 aromatic heterocycles. The molecule has 2 rings (SSSR count). The Kier molecular flexibility index (Phi) is 4.44. The van der Waals surface area contributed by atoms with E-state index in [1.165, 1.54) is 32.4 Å². The van der Waals surface area contributed by atoms with E-state index in [0.29, 0.717) is 30.1 Å². The van der Waals surface area contributed by atoms with Crippen molar-refractivity contribution in [3.8, 4) is 0 Å². The summed E-state index contributed by atoms with van der Waals surface area (Å²) in [6.07, 6.45) is 4.48. The lowest BCUT2D eigenvalue weighted by atomic mass is 10.1. The number of nitrogens with zero attached hydrogens (tertiary/aromatic N) is 1. The summed E-state index contributed by atoms with van der Waals surface area (Å²) in [6, 6.07) is 1.19. The van der Waals surface area contributed by atoms with Crippen molar-refractivity contribution in [3.63, 3.8) is 0 Å². The lowest BCUT2D eigenvalue weighted by Gasteiger charge is -2.21. The summed E-state index contributed by atoms with van der Waals surface area (Å²) in [7, 11) is -2.82. The van der Waals surface area contributed by atoms with E-state index in [0.717, 1.165) is 6.42 Å². The molecule has 0 amide bonds. The van der Waals surface area contributed by atoms with Crippen molar-refractivity contribution in [2.45, 2.75) is 44.7 Å². The van der Waals surface area contributed by atoms with Crippen molar-refractivity contribution < 1.29 is 8.42 Å². The number of hydrogen-bond acceptors (Lipinski definition) is 4. The molecule has 100 valence electrons. The van der Waals surface area contributed by atoms with Gasteiger partial charge in [0.1, 0.15) is 0 Å². The van der Waals surface area contributed by atoms with Crippen molar-refractivity contribution in [1.82, 2.24) is 10.2 Å². The quantitative estimate of drug-likeness (QED) is 0.761. The Morgan fingerprint density at radius 2 is 2.06 bits per heavy atom. The Labute approximate surface area is 105 Å². The second kappa shape index (κ2) is 5.67. The van der Waals surface area contributed by atoms with Crippen LogP contribution in [-0.2, 0) is 9.84 Å². The third-order valence-corrected chi connectivity index (χ3v) is 5.80. The summed E-state index contributed by atoms with van der Waals surface area (Å²) >= 11 is 0. The maximum absolute atomic E-state index is 11.6. The summed E-state index contributed by atoms with van der Waals surface area (Å²) in [4.78, 5) is 2.54.